The Labute approximate surface area is 203 Å². The Hall–Kier alpha value is -3.07. The van der Waals surface area contributed by atoms with Crippen LogP contribution in [0.1, 0.15) is 57.2 Å². The lowest BCUT2D eigenvalue weighted by Crippen LogP contribution is -2.44. The lowest BCUT2D eigenvalue weighted by molar-refractivity contribution is -0.155. The molecule has 3 nitrogen and oxygen atoms in total. The van der Waals surface area contributed by atoms with Crippen LogP contribution in [0, 0.1) is 11.8 Å². The molecule has 2 unspecified atom stereocenters. The number of anilines is 1. The van der Waals surface area contributed by atoms with Gasteiger partial charge in [0.15, 0.2) is 6.04 Å². The van der Waals surface area contributed by atoms with E-state index in [1.165, 1.54) is 12.0 Å². The first-order valence-corrected chi connectivity index (χ1v) is 12.6. The van der Waals surface area contributed by atoms with Gasteiger partial charge in [-0.3, -0.25) is 0 Å². The van der Waals surface area contributed by atoms with E-state index in [0.29, 0.717) is 11.8 Å². The maximum atomic E-state index is 13.7. The highest BCUT2D eigenvalue weighted by Gasteiger charge is 2.55. The molecule has 0 bridgehead atoms. The second kappa shape index (κ2) is 9.29. The molecule has 0 aromatic heterocycles. The number of nitrogens with zero attached hydrogens (tertiary/aromatic N) is 1. The predicted molar refractivity (Wildman–Crippen MR) is 138 cm³/mol. The number of hydrogen-bond donors (Lipinski definition) is 0. The summed E-state index contributed by atoms with van der Waals surface area (Å²) in [4.78, 5) is 15.9. The molecule has 5 rings (SSSR count). The summed E-state index contributed by atoms with van der Waals surface area (Å²) in [6.45, 7) is 6.90. The zero-order chi connectivity index (χ0) is 23.7. The summed E-state index contributed by atoms with van der Waals surface area (Å²) in [5.41, 5.74) is 3.48. The van der Waals surface area contributed by atoms with Crippen molar-refractivity contribution in [2.45, 2.75) is 63.6 Å². The standard InChI is InChI=1S/C31H35NO2/c1-22-19-20-26(31(2,3)24-15-9-5-10-16-24)27(21-22)34-30(33)29-28(23-13-7-4-8-14-23)32(29)25-17-11-6-12-18-25/h4-18,22,26-29H,19-21H2,1-3H3/t22-,26-,27-,28?,29?,32?/m1/s1. The number of hydrogen-bond acceptors (Lipinski definition) is 3. The quantitative estimate of drug-likeness (QED) is 0.299. The molecule has 1 aliphatic carbocycles. The van der Waals surface area contributed by atoms with E-state index in [0.717, 1.165) is 24.1 Å². The molecule has 34 heavy (non-hydrogen) atoms. The van der Waals surface area contributed by atoms with Crippen LogP contribution in [0.3, 0.4) is 0 Å². The van der Waals surface area contributed by atoms with Crippen molar-refractivity contribution < 1.29 is 9.53 Å². The van der Waals surface area contributed by atoms with Gasteiger partial charge >= 0.3 is 5.97 Å². The normalized spacial score (nSPS) is 26.7. The van der Waals surface area contributed by atoms with Crippen LogP contribution in [0.15, 0.2) is 91.0 Å². The summed E-state index contributed by atoms with van der Waals surface area (Å²) in [7, 11) is 0. The minimum atomic E-state index is -0.275. The van der Waals surface area contributed by atoms with Crippen LogP contribution < -0.4 is 4.90 Å². The molecule has 0 radical (unpaired) electrons. The van der Waals surface area contributed by atoms with E-state index in [9.17, 15) is 4.79 Å². The van der Waals surface area contributed by atoms with E-state index >= 15 is 0 Å². The Balaban J connectivity index is 1.39. The van der Waals surface area contributed by atoms with E-state index in [2.05, 4.69) is 80.3 Å². The number of ether oxygens (including phenoxy) is 1. The van der Waals surface area contributed by atoms with Crippen molar-refractivity contribution in [2.75, 3.05) is 4.90 Å². The van der Waals surface area contributed by atoms with E-state index < -0.39 is 0 Å². The van der Waals surface area contributed by atoms with E-state index in [4.69, 9.17) is 4.74 Å². The molecule has 3 aromatic rings. The largest absolute Gasteiger partial charge is 0.460 e. The van der Waals surface area contributed by atoms with Gasteiger partial charge < -0.3 is 9.64 Å². The average Bonchev–Trinajstić information content (AvgIpc) is 3.62. The Morgan fingerprint density at radius 2 is 1.44 bits per heavy atom. The molecule has 0 spiro atoms. The van der Waals surface area contributed by atoms with E-state index in [-0.39, 0.29) is 29.6 Å². The number of carbonyl (C=O) groups excluding carboxylic acids is 1. The van der Waals surface area contributed by atoms with Crippen molar-refractivity contribution in [1.29, 1.82) is 0 Å². The monoisotopic (exact) mass is 453 g/mol. The van der Waals surface area contributed by atoms with E-state index in [1.54, 1.807) is 0 Å². The molecular formula is C31H35NO2. The first-order chi connectivity index (χ1) is 16.5. The number of carbonyl (C=O) groups is 1. The molecular weight excluding hydrogens is 418 g/mol. The van der Waals surface area contributed by atoms with Crippen molar-refractivity contribution in [3.05, 3.63) is 102 Å². The van der Waals surface area contributed by atoms with Crippen LogP contribution in [0.4, 0.5) is 5.69 Å². The summed E-state index contributed by atoms with van der Waals surface area (Å²) < 4.78 is 6.43. The second-order valence-electron chi connectivity index (χ2n) is 10.6. The first-order valence-electron chi connectivity index (χ1n) is 12.6. The van der Waals surface area contributed by atoms with Gasteiger partial charge in [0.1, 0.15) is 6.10 Å². The Morgan fingerprint density at radius 3 is 2.09 bits per heavy atom. The number of para-hydroxylation sites is 1. The van der Waals surface area contributed by atoms with Crippen LogP contribution in [0.5, 0.6) is 0 Å². The number of rotatable bonds is 6. The van der Waals surface area contributed by atoms with Gasteiger partial charge in [0.05, 0.1) is 6.04 Å². The van der Waals surface area contributed by atoms with Crippen LogP contribution in [0.25, 0.3) is 0 Å². The third-order valence-electron chi connectivity index (χ3n) is 8.01. The summed E-state index contributed by atoms with van der Waals surface area (Å²) >= 11 is 0. The number of esters is 1. The van der Waals surface area contributed by atoms with Crippen LogP contribution in [-0.2, 0) is 14.9 Å². The third-order valence-corrected chi connectivity index (χ3v) is 8.01. The second-order valence-corrected chi connectivity index (χ2v) is 10.6. The maximum absolute atomic E-state index is 13.7. The van der Waals surface area contributed by atoms with Gasteiger partial charge in [-0.25, -0.2) is 4.79 Å². The van der Waals surface area contributed by atoms with Crippen molar-refractivity contribution in [3.8, 4) is 0 Å². The zero-order valence-corrected chi connectivity index (χ0v) is 20.4. The summed E-state index contributed by atoms with van der Waals surface area (Å²) in [6, 6.07) is 31.0. The van der Waals surface area contributed by atoms with Crippen molar-refractivity contribution >= 4 is 11.7 Å². The maximum Gasteiger partial charge on any atom is 0.331 e. The fourth-order valence-corrected chi connectivity index (χ4v) is 5.97. The minimum absolute atomic E-state index is 0.0256. The van der Waals surface area contributed by atoms with Crippen molar-refractivity contribution in [3.63, 3.8) is 0 Å². The predicted octanol–water partition coefficient (Wildman–Crippen LogP) is 6.94. The molecule has 1 heterocycles. The van der Waals surface area contributed by atoms with Gasteiger partial charge in [0.25, 0.3) is 0 Å². The summed E-state index contributed by atoms with van der Waals surface area (Å²) in [5.74, 6) is 0.773. The van der Waals surface area contributed by atoms with Crippen LogP contribution >= 0.6 is 0 Å². The molecule has 2 aliphatic rings. The Bertz CT molecular complexity index is 1050. The average molecular weight is 454 g/mol. The van der Waals surface area contributed by atoms with Gasteiger partial charge in [-0.15, -0.1) is 0 Å². The molecule has 176 valence electrons. The van der Waals surface area contributed by atoms with Crippen molar-refractivity contribution in [2.24, 2.45) is 11.8 Å². The van der Waals surface area contributed by atoms with Crippen molar-refractivity contribution in [1.82, 2.24) is 0 Å². The fraction of sp³-hybridized carbons (Fsp3) is 0.387. The lowest BCUT2D eigenvalue weighted by Gasteiger charge is -2.44. The smallest absolute Gasteiger partial charge is 0.331 e. The van der Waals surface area contributed by atoms with E-state index in [1.807, 2.05) is 36.4 Å². The van der Waals surface area contributed by atoms with Gasteiger partial charge in [0, 0.05) is 11.6 Å². The molecule has 1 aliphatic heterocycles. The highest BCUT2D eigenvalue weighted by Crippen LogP contribution is 2.49. The van der Waals surface area contributed by atoms with Crippen LogP contribution in [0.2, 0.25) is 0 Å². The molecule has 0 amide bonds. The molecule has 1 saturated carbocycles. The van der Waals surface area contributed by atoms with Gasteiger partial charge in [0.2, 0.25) is 0 Å². The van der Waals surface area contributed by atoms with Crippen LogP contribution in [-0.4, -0.2) is 18.1 Å². The van der Waals surface area contributed by atoms with Gasteiger partial charge in [-0.2, -0.15) is 0 Å². The highest BCUT2D eigenvalue weighted by molar-refractivity contribution is 5.89. The molecule has 3 heteroatoms. The molecule has 3 aromatic carbocycles. The molecule has 2 fully saturated rings. The topological polar surface area (TPSA) is 29.3 Å². The molecule has 1 saturated heterocycles. The van der Waals surface area contributed by atoms with Gasteiger partial charge in [-0.1, -0.05) is 106 Å². The first kappa shape index (κ1) is 22.7. The fourth-order valence-electron chi connectivity index (χ4n) is 5.97. The van der Waals surface area contributed by atoms with Gasteiger partial charge in [-0.05, 0) is 47.4 Å². The Morgan fingerprint density at radius 1 is 0.853 bits per heavy atom. The SMILES string of the molecule is C[C@@H]1CC[C@@H](C(C)(C)c2ccccc2)[C@H](OC(=O)C2C(c3ccccc3)N2c2ccccc2)C1. The lowest BCUT2D eigenvalue weighted by atomic mass is 9.64. The summed E-state index contributed by atoms with van der Waals surface area (Å²) in [5, 5.41) is 0. The Kier molecular flexibility index (Phi) is 6.20. The zero-order valence-electron chi connectivity index (χ0n) is 20.4. The third kappa shape index (κ3) is 4.36. The number of benzene rings is 3. The highest BCUT2D eigenvalue weighted by atomic mass is 16.5. The molecule has 0 N–H and O–H groups in total. The molecule has 5 atom stereocenters. The minimum Gasteiger partial charge on any atom is -0.460 e. The summed E-state index contributed by atoms with van der Waals surface area (Å²) in [6.07, 6.45) is 3.12.